The fraction of sp³-hybridized carbons (Fsp3) is 0.174. The van der Waals surface area contributed by atoms with E-state index in [9.17, 15) is 14.9 Å². The van der Waals surface area contributed by atoms with Crippen molar-refractivity contribution in [2.75, 3.05) is 6.61 Å². The van der Waals surface area contributed by atoms with Crippen LogP contribution in [0.2, 0.25) is 0 Å². The van der Waals surface area contributed by atoms with Crippen LogP contribution in [0.4, 0.5) is 0 Å². The summed E-state index contributed by atoms with van der Waals surface area (Å²) in [6, 6.07) is 21.0. The second kappa shape index (κ2) is 8.89. The van der Waals surface area contributed by atoms with Crippen LogP contribution < -0.4 is 5.73 Å². The van der Waals surface area contributed by atoms with Crippen molar-refractivity contribution in [3.8, 4) is 17.3 Å². The minimum atomic E-state index is -1.28. The van der Waals surface area contributed by atoms with E-state index in [0.29, 0.717) is 12.2 Å². The number of carbonyl (C=O) groups is 2. The molecule has 0 aliphatic carbocycles. The number of ether oxygens (including phenoxy) is 1. The molecule has 1 aromatic heterocycles. The van der Waals surface area contributed by atoms with E-state index in [2.05, 4.69) is 0 Å². The molecule has 3 rings (SSSR count). The molecule has 6 nitrogen and oxygen atoms in total. The number of nitriles is 1. The van der Waals surface area contributed by atoms with Gasteiger partial charge in [-0.25, -0.2) is 4.79 Å². The summed E-state index contributed by atoms with van der Waals surface area (Å²) in [5.74, 6) is -2.68. The Bertz CT molecular complexity index is 1050. The van der Waals surface area contributed by atoms with E-state index in [-0.39, 0.29) is 17.7 Å². The first-order valence-corrected chi connectivity index (χ1v) is 9.25. The second-order valence-electron chi connectivity index (χ2n) is 6.47. The summed E-state index contributed by atoms with van der Waals surface area (Å²) in [7, 11) is 0. The number of benzene rings is 2. The lowest BCUT2D eigenvalue weighted by Crippen LogP contribution is -2.22. The van der Waals surface area contributed by atoms with E-state index >= 15 is 0 Å². The van der Waals surface area contributed by atoms with Gasteiger partial charge in [0, 0.05) is 18.3 Å². The molecule has 0 aliphatic heterocycles. The van der Waals surface area contributed by atoms with E-state index in [1.165, 1.54) is 0 Å². The van der Waals surface area contributed by atoms with Crippen LogP contribution in [0.3, 0.4) is 0 Å². The lowest BCUT2D eigenvalue weighted by Gasteiger charge is -2.14. The van der Waals surface area contributed by atoms with Crippen molar-refractivity contribution >= 4 is 11.9 Å². The van der Waals surface area contributed by atoms with Crippen LogP contribution in [0, 0.1) is 11.3 Å². The van der Waals surface area contributed by atoms with Crippen LogP contribution in [0.5, 0.6) is 0 Å². The highest BCUT2D eigenvalue weighted by Crippen LogP contribution is 2.35. The predicted octanol–water partition coefficient (Wildman–Crippen LogP) is 3.47. The van der Waals surface area contributed by atoms with Crippen LogP contribution in [-0.4, -0.2) is 23.1 Å². The molecule has 1 unspecified atom stereocenters. The SMILES string of the molecule is CCOC(=O)c1cn(Cc2ccccc2)c(-c2ccccc2)c1C(C#N)C(N)=O. The third kappa shape index (κ3) is 4.19. The molecule has 6 heteroatoms. The van der Waals surface area contributed by atoms with E-state index in [0.717, 1.165) is 11.1 Å². The molecule has 0 saturated heterocycles. The third-order valence-corrected chi connectivity index (χ3v) is 4.56. The zero-order valence-corrected chi connectivity index (χ0v) is 16.0. The third-order valence-electron chi connectivity index (χ3n) is 4.56. The van der Waals surface area contributed by atoms with Gasteiger partial charge in [0.1, 0.15) is 0 Å². The van der Waals surface area contributed by atoms with Gasteiger partial charge >= 0.3 is 5.97 Å². The summed E-state index contributed by atoms with van der Waals surface area (Å²) in [5, 5.41) is 9.64. The zero-order chi connectivity index (χ0) is 20.8. The monoisotopic (exact) mass is 387 g/mol. The van der Waals surface area contributed by atoms with Crippen molar-refractivity contribution in [3.05, 3.63) is 83.6 Å². The van der Waals surface area contributed by atoms with Crippen molar-refractivity contribution in [3.63, 3.8) is 0 Å². The Hall–Kier alpha value is -3.85. The van der Waals surface area contributed by atoms with Crippen molar-refractivity contribution < 1.29 is 14.3 Å². The summed E-state index contributed by atoms with van der Waals surface area (Å²) in [6.45, 7) is 2.33. The molecule has 0 radical (unpaired) electrons. The zero-order valence-electron chi connectivity index (χ0n) is 16.0. The maximum atomic E-state index is 12.7. The van der Waals surface area contributed by atoms with Crippen LogP contribution in [-0.2, 0) is 16.1 Å². The van der Waals surface area contributed by atoms with Crippen LogP contribution >= 0.6 is 0 Å². The highest BCUT2D eigenvalue weighted by Gasteiger charge is 2.31. The number of aromatic nitrogens is 1. The van der Waals surface area contributed by atoms with Crippen LogP contribution in [0.25, 0.3) is 11.3 Å². The fourth-order valence-corrected chi connectivity index (χ4v) is 3.33. The van der Waals surface area contributed by atoms with Gasteiger partial charge in [-0.1, -0.05) is 60.7 Å². The number of esters is 1. The molecule has 0 bridgehead atoms. The summed E-state index contributed by atoms with van der Waals surface area (Å²) in [5.41, 5.74) is 8.34. The number of rotatable bonds is 7. The van der Waals surface area contributed by atoms with E-state index in [4.69, 9.17) is 10.5 Å². The van der Waals surface area contributed by atoms with E-state index < -0.39 is 17.8 Å². The fourth-order valence-electron chi connectivity index (χ4n) is 3.33. The molecular weight excluding hydrogens is 366 g/mol. The average Bonchev–Trinajstić information content (AvgIpc) is 3.08. The largest absolute Gasteiger partial charge is 0.462 e. The van der Waals surface area contributed by atoms with Crippen LogP contribution in [0.1, 0.15) is 34.3 Å². The Morgan fingerprint density at radius 1 is 1.10 bits per heavy atom. The van der Waals surface area contributed by atoms with Gasteiger partial charge < -0.3 is 15.0 Å². The molecule has 0 fully saturated rings. The molecule has 29 heavy (non-hydrogen) atoms. The lowest BCUT2D eigenvalue weighted by molar-refractivity contribution is -0.118. The van der Waals surface area contributed by atoms with Gasteiger partial charge in [-0.05, 0) is 18.1 Å². The smallest absolute Gasteiger partial charge is 0.340 e. The second-order valence-corrected chi connectivity index (χ2v) is 6.47. The number of primary amides is 1. The van der Waals surface area contributed by atoms with Crippen molar-refractivity contribution in [1.82, 2.24) is 4.57 Å². The number of amides is 1. The molecule has 1 amide bonds. The predicted molar refractivity (Wildman–Crippen MR) is 109 cm³/mol. The molecule has 146 valence electrons. The van der Waals surface area contributed by atoms with Gasteiger partial charge in [0.25, 0.3) is 0 Å². The quantitative estimate of drug-likeness (QED) is 0.628. The van der Waals surface area contributed by atoms with Gasteiger partial charge in [-0.3, -0.25) is 4.79 Å². The number of hydrogen-bond donors (Lipinski definition) is 1. The summed E-state index contributed by atoms with van der Waals surface area (Å²) >= 11 is 0. The van der Waals surface area contributed by atoms with Gasteiger partial charge in [-0.2, -0.15) is 5.26 Å². The molecule has 2 aromatic carbocycles. The average molecular weight is 387 g/mol. The Morgan fingerprint density at radius 2 is 1.72 bits per heavy atom. The van der Waals surface area contributed by atoms with Crippen molar-refractivity contribution in [1.29, 1.82) is 5.26 Å². The maximum Gasteiger partial charge on any atom is 0.340 e. The standard InChI is InChI=1S/C23H21N3O3/c1-2-29-23(28)19-15-26(14-16-9-5-3-6-10-16)21(17-11-7-4-8-12-17)20(19)18(13-24)22(25)27/h3-12,15,18H,2,14H2,1H3,(H2,25,27). The topological polar surface area (TPSA) is 98.1 Å². The Balaban J connectivity index is 2.28. The van der Waals surface area contributed by atoms with Crippen LogP contribution in [0.15, 0.2) is 66.9 Å². The highest BCUT2D eigenvalue weighted by atomic mass is 16.5. The van der Waals surface area contributed by atoms with Crippen molar-refractivity contribution in [2.24, 2.45) is 5.73 Å². The summed E-state index contributed by atoms with van der Waals surface area (Å²) in [6.07, 6.45) is 1.63. The van der Waals surface area contributed by atoms with E-state index in [1.54, 1.807) is 13.1 Å². The molecule has 0 spiro atoms. The molecule has 1 atom stereocenters. The molecule has 3 aromatic rings. The molecule has 0 aliphatic rings. The number of nitrogens with zero attached hydrogens (tertiary/aromatic N) is 2. The van der Waals surface area contributed by atoms with E-state index in [1.807, 2.05) is 71.3 Å². The minimum absolute atomic E-state index is 0.173. The lowest BCUT2D eigenvalue weighted by atomic mass is 9.93. The molecule has 2 N–H and O–H groups in total. The molecule has 0 saturated carbocycles. The normalized spacial score (nSPS) is 11.4. The van der Waals surface area contributed by atoms with Crippen molar-refractivity contribution in [2.45, 2.75) is 19.4 Å². The minimum Gasteiger partial charge on any atom is -0.462 e. The Morgan fingerprint density at radius 3 is 2.28 bits per heavy atom. The summed E-state index contributed by atoms with van der Waals surface area (Å²) in [4.78, 5) is 24.7. The number of carbonyl (C=O) groups excluding carboxylic acids is 2. The first-order valence-electron chi connectivity index (χ1n) is 9.25. The van der Waals surface area contributed by atoms with Gasteiger partial charge in [0.2, 0.25) is 5.91 Å². The van der Waals surface area contributed by atoms with Gasteiger partial charge in [-0.15, -0.1) is 0 Å². The molecular formula is C23H21N3O3. The van der Waals surface area contributed by atoms with Gasteiger partial charge in [0.15, 0.2) is 5.92 Å². The summed E-state index contributed by atoms with van der Waals surface area (Å²) < 4.78 is 7.04. The first kappa shape index (κ1) is 19.9. The Labute approximate surface area is 169 Å². The number of hydrogen-bond acceptors (Lipinski definition) is 4. The Kier molecular flexibility index (Phi) is 6.10. The maximum absolute atomic E-state index is 12.7. The highest BCUT2D eigenvalue weighted by molar-refractivity contribution is 5.98. The molecule has 1 heterocycles. The van der Waals surface area contributed by atoms with Gasteiger partial charge in [0.05, 0.1) is 23.9 Å². The number of nitrogens with two attached hydrogens (primary N) is 1. The first-order chi connectivity index (χ1) is 14.1.